The van der Waals surface area contributed by atoms with E-state index in [-0.39, 0.29) is 12.6 Å². The summed E-state index contributed by atoms with van der Waals surface area (Å²) < 4.78 is 5.46. The van der Waals surface area contributed by atoms with Gasteiger partial charge in [-0.3, -0.25) is 9.80 Å². The molecule has 5 heteroatoms. The second-order valence-electron chi connectivity index (χ2n) is 8.25. The first kappa shape index (κ1) is 20.4. The molecule has 0 amide bonds. The van der Waals surface area contributed by atoms with Crippen molar-refractivity contribution in [1.82, 2.24) is 9.80 Å². The summed E-state index contributed by atoms with van der Waals surface area (Å²) in [6.45, 7) is 5.11. The van der Waals surface area contributed by atoms with Crippen molar-refractivity contribution >= 4 is 0 Å². The van der Waals surface area contributed by atoms with Gasteiger partial charge in [-0.1, -0.05) is 42.5 Å². The number of rotatable bonds is 7. The van der Waals surface area contributed by atoms with E-state index in [0.29, 0.717) is 6.61 Å². The molecule has 2 N–H and O–H groups in total. The monoisotopic (exact) mass is 396 g/mol. The van der Waals surface area contributed by atoms with Gasteiger partial charge in [0.1, 0.15) is 18.0 Å². The molecule has 0 bridgehead atoms. The molecule has 2 aliphatic rings. The molecule has 0 unspecified atom stereocenters. The fourth-order valence-corrected chi connectivity index (χ4v) is 4.77. The van der Waals surface area contributed by atoms with E-state index in [2.05, 4.69) is 34.1 Å². The molecule has 0 radical (unpaired) electrons. The summed E-state index contributed by atoms with van der Waals surface area (Å²) in [5.41, 5.74) is 1.50. The minimum atomic E-state index is -0.788. The highest BCUT2D eigenvalue weighted by atomic mass is 16.5. The molecule has 29 heavy (non-hydrogen) atoms. The van der Waals surface area contributed by atoms with Crippen LogP contribution in [0.25, 0.3) is 0 Å². The molecule has 0 spiro atoms. The molecule has 2 atom stereocenters. The maximum atomic E-state index is 11.8. The Kier molecular flexibility index (Phi) is 6.50. The Morgan fingerprint density at radius 3 is 2.38 bits per heavy atom. The van der Waals surface area contributed by atoms with E-state index < -0.39 is 5.60 Å². The van der Waals surface area contributed by atoms with Gasteiger partial charge in [0, 0.05) is 19.6 Å². The van der Waals surface area contributed by atoms with Crippen LogP contribution in [0, 0.1) is 0 Å². The van der Waals surface area contributed by atoms with E-state index in [1.54, 1.807) is 0 Å². The summed E-state index contributed by atoms with van der Waals surface area (Å²) in [5, 5.41) is 20.6. The van der Waals surface area contributed by atoms with Crippen molar-refractivity contribution in [3.63, 3.8) is 0 Å². The predicted molar refractivity (Wildman–Crippen MR) is 114 cm³/mol. The molecule has 2 aromatic carbocycles. The van der Waals surface area contributed by atoms with Gasteiger partial charge in [0.15, 0.2) is 0 Å². The van der Waals surface area contributed by atoms with E-state index >= 15 is 0 Å². The van der Waals surface area contributed by atoms with Gasteiger partial charge in [-0.2, -0.15) is 0 Å². The highest BCUT2D eigenvalue weighted by Gasteiger charge is 2.46. The lowest BCUT2D eigenvalue weighted by atomic mass is 9.79. The zero-order valence-corrected chi connectivity index (χ0v) is 17.0. The molecule has 2 fully saturated rings. The second kappa shape index (κ2) is 9.26. The summed E-state index contributed by atoms with van der Waals surface area (Å²) in [6, 6.07) is 18.5. The van der Waals surface area contributed by atoms with Crippen LogP contribution in [-0.2, 0) is 12.1 Å². The number of aliphatic hydroxyl groups excluding tert-OH is 1. The molecule has 2 aliphatic heterocycles. The Balaban J connectivity index is 1.47. The van der Waals surface area contributed by atoms with Crippen LogP contribution in [0.3, 0.4) is 0 Å². The van der Waals surface area contributed by atoms with Crippen LogP contribution < -0.4 is 4.74 Å². The summed E-state index contributed by atoms with van der Waals surface area (Å²) in [5.74, 6) is 0.787. The standard InChI is InChI=1S/C24H32N2O3/c27-16-17-29-22-10-8-20(9-11-22)18-25-15-12-24(28,21-6-2-1-3-7-21)23(19-25)26-13-4-5-14-26/h1-3,6-11,23,27-28H,4-5,12-19H2/t23-,24+/m1/s1. The number of hydrogen-bond acceptors (Lipinski definition) is 5. The number of hydrogen-bond donors (Lipinski definition) is 2. The number of benzene rings is 2. The van der Waals surface area contributed by atoms with E-state index in [4.69, 9.17) is 9.84 Å². The lowest BCUT2D eigenvalue weighted by molar-refractivity contribution is -0.0959. The average molecular weight is 397 g/mol. The zero-order valence-electron chi connectivity index (χ0n) is 17.0. The lowest BCUT2D eigenvalue weighted by Gasteiger charge is -2.48. The quantitative estimate of drug-likeness (QED) is 0.754. The first-order valence-electron chi connectivity index (χ1n) is 10.8. The van der Waals surface area contributed by atoms with Gasteiger partial charge in [0.2, 0.25) is 0 Å². The minimum Gasteiger partial charge on any atom is -0.491 e. The van der Waals surface area contributed by atoms with Crippen LogP contribution in [0.5, 0.6) is 5.75 Å². The third-order valence-electron chi connectivity index (χ3n) is 6.34. The normalized spacial score (nSPS) is 25.9. The molecule has 2 saturated heterocycles. The lowest BCUT2D eigenvalue weighted by Crippen LogP contribution is -2.60. The number of ether oxygens (including phenoxy) is 1. The third-order valence-corrected chi connectivity index (χ3v) is 6.34. The largest absolute Gasteiger partial charge is 0.491 e. The molecule has 156 valence electrons. The highest BCUT2D eigenvalue weighted by Crippen LogP contribution is 2.37. The van der Waals surface area contributed by atoms with E-state index in [0.717, 1.165) is 50.5 Å². The number of nitrogens with zero attached hydrogens (tertiary/aromatic N) is 2. The van der Waals surface area contributed by atoms with Crippen molar-refractivity contribution < 1.29 is 14.9 Å². The predicted octanol–water partition coefficient (Wildman–Crippen LogP) is 2.62. The average Bonchev–Trinajstić information content (AvgIpc) is 3.30. The van der Waals surface area contributed by atoms with Gasteiger partial charge in [-0.25, -0.2) is 0 Å². The first-order chi connectivity index (χ1) is 14.2. The summed E-state index contributed by atoms with van der Waals surface area (Å²) in [6.07, 6.45) is 3.18. The molecule has 0 aliphatic carbocycles. The Morgan fingerprint density at radius 1 is 0.966 bits per heavy atom. The molecular weight excluding hydrogens is 364 g/mol. The molecule has 0 saturated carbocycles. The fourth-order valence-electron chi connectivity index (χ4n) is 4.77. The van der Waals surface area contributed by atoms with Crippen molar-refractivity contribution in [3.8, 4) is 5.75 Å². The molecule has 5 nitrogen and oxygen atoms in total. The number of aliphatic hydroxyl groups is 2. The SMILES string of the molecule is OCCOc1ccc(CN2CC[C@](O)(c3ccccc3)[C@H](N3CCCC3)C2)cc1. The third kappa shape index (κ3) is 4.64. The summed E-state index contributed by atoms with van der Waals surface area (Å²) in [4.78, 5) is 4.95. The smallest absolute Gasteiger partial charge is 0.119 e. The molecular formula is C24H32N2O3. The van der Waals surface area contributed by atoms with Gasteiger partial charge in [0.05, 0.1) is 12.6 Å². The molecule has 0 aromatic heterocycles. The van der Waals surface area contributed by atoms with Crippen molar-refractivity contribution in [1.29, 1.82) is 0 Å². The van der Waals surface area contributed by atoms with Gasteiger partial charge < -0.3 is 14.9 Å². The maximum Gasteiger partial charge on any atom is 0.119 e. The van der Waals surface area contributed by atoms with Gasteiger partial charge in [-0.15, -0.1) is 0 Å². The number of piperidine rings is 1. The first-order valence-corrected chi connectivity index (χ1v) is 10.8. The van der Waals surface area contributed by atoms with Gasteiger partial charge in [-0.05, 0) is 55.6 Å². The van der Waals surface area contributed by atoms with E-state index in [1.165, 1.54) is 18.4 Å². The molecule has 2 aromatic rings. The second-order valence-corrected chi connectivity index (χ2v) is 8.25. The van der Waals surface area contributed by atoms with Crippen LogP contribution in [0.2, 0.25) is 0 Å². The van der Waals surface area contributed by atoms with Crippen LogP contribution in [0.15, 0.2) is 54.6 Å². The number of likely N-dealkylation sites (tertiary alicyclic amines) is 2. The van der Waals surface area contributed by atoms with Gasteiger partial charge in [0.25, 0.3) is 0 Å². The topological polar surface area (TPSA) is 56.2 Å². The minimum absolute atomic E-state index is 0.0255. The summed E-state index contributed by atoms with van der Waals surface area (Å²) in [7, 11) is 0. The Hall–Kier alpha value is -1.92. The van der Waals surface area contributed by atoms with Crippen molar-refractivity contribution in [3.05, 3.63) is 65.7 Å². The Bertz CT molecular complexity index is 761. The van der Waals surface area contributed by atoms with E-state index in [1.807, 2.05) is 30.3 Å². The fraction of sp³-hybridized carbons (Fsp3) is 0.500. The Labute approximate surface area is 173 Å². The van der Waals surface area contributed by atoms with Crippen molar-refractivity contribution in [2.45, 2.75) is 37.5 Å². The van der Waals surface area contributed by atoms with Crippen LogP contribution in [-0.4, -0.2) is 65.4 Å². The highest BCUT2D eigenvalue weighted by molar-refractivity contribution is 5.28. The van der Waals surface area contributed by atoms with E-state index in [9.17, 15) is 5.11 Å². The summed E-state index contributed by atoms with van der Waals surface area (Å²) >= 11 is 0. The van der Waals surface area contributed by atoms with Crippen LogP contribution in [0.1, 0.15) is 30.4 Å². The molecule has 2 heterocycles. The molecule has 4 rings (SSSR count). The van der Waals surface area contributed by atoms with Crippen molar-refractivity contribution in [2.75, 3.05) is 39.4 Å². The van der Waals surface area contributed by atoms with Crippen LogP contribution >= 0.6 is 0 Å². The van der Waals surface area contributed by atoms with Gasteiger partial charge >= 0.3 is 0 Å². The maximum absolute atomic E-state index is 11.8. The Morgan fingerprint density at radius 2 is 1.69 bits per heavy atom. The van der Waals surface area contributed by atoms with Crippen LogP contribution in [0.4, 0.5) is 0 Å². The van der Waals surface area contributed by atoms with Crippen molar-refractivity contribution in [2.24, 2.45) is 0 Å². The zero-order chi connectivity index (χ0) is 20.1.